The number of carbonyl (C=O) groups is 2. The Morgan fingerprint density at radius 2 is 1.57 bits per heavy atom. The molecule has 0 saturated carbocycles. The van der Waals surface area contributed by atoms with Crippen LogP contribution in [0.1, 0.15) is 43.2 Å². The van der Waals surface area contributed by atoms with Crippen molar-refractivity contribution in [3.05, 3.63) is 69.7 Å². The summed E-state index contributed by atoms with van der Waals surface area (Å²) in [4.78, 5) is 23.0. The molecule has 1 aliphatic rings. The molecule has 2 unspecified atom stereocenters. The third kappa shape index (κ3) is 9.35. The van der Waals surface area contributed by atoms with Gasteiger partial charge in [-0.15, -0.1) is 0 Å². The second kappa shape index (κ2) is 13.1. The molecule has 2 N–H and O–H groups in total. The zero-order valence-electron chi connectivity index (χ0n) is 19.5. The lowest BCUT2D eigenvalue weighted by Crippen LogP contribution is -3.15. The third-order valence-electron chi connectivity index (χ3n) is 6.10. The fourth-order valence-corrected chi connectivity index (χ4v) is 4.37. The number of piperidine rings is 1. The molecule has 4 atom stereocenters. The average Bonchev–Trinajstić information content (AvgIpc) is 2.79. The highest BCUT2D eigenvalue weighted by Gasteiger charge is 2.32. The van der Waals surface area contributed by atoms with E-state index in [1.165, 1.54) is 22.4 Å². The fourth-order valence-electron chi connectivity index (χ4n) is 4.12. The molecule has 5 nitrogen and oxygen atoms in total. The SMILES string of the molecule is C[C@@H](NC(=O)C1CCCC[NH+]1C)[C@H](Cc1ccc(Cl)cc1)c1ccc(Cl)cc1.O=C([O-])C(F)(F)F. The Morgan fingerprint density at radius 1 is 1.06 bits per heavy atom. The molecule has 0 bridgehead atoms. The van der Waals surface area contributed by atoms with Gasteiger partial charge in [0.25, 0.3) is 5.91 Å². The van der Waals surface area contributed by atoms with E-state index in [1.54, 1.807) is 0 Å². The zero-order chi connectivity index (χ0) is 26.2. The van der Waals surface area contributed by atoms with E-state index >= 15 is 0 Å². The first-order valence-corrected chi connectivity index (χ1v) is 12.0. The predicted octanol–water partition coefficient (Wildman–Crippen LogP) is 3.19. The standard InChI is InChI=1S/C23H28Cl2N2O.C2HF3O2/c1-16(26-23(28)22-5-3-4-14-27(22)2)21(18-8-12-20(25)13-9-18)15-17-6-10-19(24)11-7-17;3-2(4,5)1(6)7/h6-13,16,21-22H,3-5,14-15H2,1-2H3,(H,26,28);(H,6,7)/t16-,21+,22?;/m1./s1. The number of alkyl halides is 3. The minimum atomic E-state index is -5.19. The number of hydrogen-bond acceptors (Lipinski definition) is 3. The van der Waals surface area contributed by atoms with E-state index in [1.807, 2.05) is 24.3 Å². The van der Waals surface area contributed by atoms with Crippen LogP contribution in [0.15, 0.2) is 48.5 Å². The van der Waals surface area contributed by atoms with Crippen molar-refractivity contribution in [1.29, 1.82) is 0 Å². The summed E-state index contributed by atoms with van der Waals surface area (Å²) in [7, 11) is 2.12. The van der Waals surface area contributed by atoms with Gasteiger partial charge >= 0.3 is 6.18 Å². The Labute approximate surface area is 213 Å². The molecule has 0 aromatic heterocycles. The van der Waals surface area contributed by atoms with Gasteiger partial charge in [-0.2, -0.15) is 13.2 Å². The van der Waals surface area contributed by atoms with Gasteiger partial charge in [0.1, 0.15) is 5.97 Å². The number of rotatable bonds is 6. The summed E-state index contributed by atoms with van der Waals surface area (Å²) in [5.41, 5.74) is 2.38. The van der Waals surface area contributed by atoms with Crippen LogP contribution >= 0.6 is 23.2 Å². The minimum absolute atomic E-state index is 0.0130. The maximum atomic E-state index is 12.9. The first-order chi connectivity index (χ1) is 16.4. The number of halogens is 5. The molecule has 35 heavy (non-hydrogen) atoms. The van der Waals surface area contributed by atoms with Crippen LogP contribution in [0.5, 0.6) is 0 Å². The molecule has 1 saturated heterocycles. The summed E-state index contributed by atoms with van der Waals surface area (Å²) in [6.07, 6.45) is -1.06. The maximum absolute atomic E-state index is 12.9. The third-order valence-corrected chi connectivity index (χ3v) is 6.60. The van der Waals surface area contributed by atoms with Gasteiger partial charge in [0.05, 0.1) is 13.6 Å². The number of quaternary nitrogens is 1. The van der Waals surface area contributed by atoms with E-state index < -0.39 is 12.1 Å². The second-order valence-electron chi connectivity index (χ2n) is 8.72. The van der Waals surface area contributed by atoms with Crippen LogP contribution in [0.4, 0.5) is 13.2 Å². The van der Waals surface area contributed by atoms with Crippen LogP contribution in [0.25, 0.3) is 0 Å². The van der Waals surface area contributed by atoms with Crippen LogP contribution < -0.4 is 15.3 Å². The van der Waals surface area contributed by atoms with Crippen molar-refractivity contribution in [2.24, 2.45) is 0 Å². The van der Waals surface area contributed by atoms with Gasteiger partial charge in [-0.3, -0.25) is 4.79 Å². The van der Waals surface area contributed by atoms with E-state index in [0.29, 0.717) is 0 Å². The molecular formula is C25H29Cl2F3N2O3. The van der Waals surface area contributed by atoms with E-state index in [0.717, 1.165) is 35.9 Å². The van der Waals surface area contributed by atoms with Crippen molar-refractivity contribution in [2.45, 2.75) is 56.8 Å². The van der Waals surface area contributed by atoms with Gasteiger partial charge in [0, 0.05) is 28.4 Å². The van der Waals surface area contributed by atoms with Gasteiger partial charge in [0.2, 0.25) is 0 Å². The highest BCUT2D eigenvalue weighted by atomic mass is 35.5. The number of nitrogens with one attached hydrogen (secondary N) is 2. The molecule has 2 aromatic carbocycles. The summed E-state index contributed by atoms with van der Waals surface area (Å²) < 4.78 is 31.5. The lowest BCUT2D eigenvalue weighted by atomic mass is 9.86. The molecule has 3 rings (SSSR count). The summed E-state index contributed by atoms with van der Waals surface area (Å²) in [6, 6.07) is 16.0. The molecule has 192 valence electrons. The first kappa shape index (κ1) is 28.9. The summed E-state index contributed by atoms with van der Waals surface area (Å²) in [5.74, 6) is -2.68. The molecule has 1 amide bonds. The largest absolute Gasteiger partial charge is 0.542 e. The molecule has 1 fully saturated rings. The van der Waals surface area contributed by atoms with Crippen LogP contribution in [0, 0.1) is 0 Å². The van der Waals surface area contributed by atoms with Gasteiger partial charge in [-0.25, -0.2) is 0 Å². The number of carboxylic acid groups (broad SMARTS) is 1. The van der Waals surface area contributed by atoms with Crippen molar-refractivity contribution in [3.8, 4) is 0 Å². The number of carbonyl (C=O) groups excluding carboxylic acids is 2. The number of likely N-dealkylation sites (tertiary alicyclic amines) is 1. The monoisotopic (exact) mass is 532 g/mol. The number of likely N-dealkylation sites (N-methyl/N-ethyl adjacent to an activating group) is 1. The van der Waals surface area contributed by atoms with Crippen LogP contribution in [-0.4, -0.2) is 43.7 Å². The highest BCUT2D eigenvalue weighted by Crippen LogP contribution is 2.27. The Kier molecular flexibility index (Phi) is 10.9. The summed E-state index contributed by atoms with van der Waals surface area (Å²) in [5, 5.41) is 13.5. The zero-order valence-corrected chi connectivity index (χ0v) is 21.0. The van der Waals surface area contributed by atoms with Crippen molar-refractivity contribution in [2.75, 3.05) is 13.6 Å². The molecule has 1 heterocycles. The Hall–Kier alpha value is -2.29. The maximum Gasteiger partial charge on any atom is 0.430 e. The molecule has 0 aliphatic carbocycles. The second-order valence-corrected chi connectivity index (χ2v) is 9.59. The molecule has 1 aliphatic heterocycles. The Bertz CT molecular complexity index is 969. The molecule has 10 heteroatoms. The molecular weight excluding hydrogens is 504 g/mol. The topological polar surface area (TPSA) is 73.7 Å². The van der Waals surface area contributed by atoms with Gasteiger partial charge < -0.3 is 20.1 Å². The molecule has 0 radical (unpaired) electrons. The van der Waals surface area contributed by atoms with Crippen LogP contribution in [0.2, 0.25) is 10.0 Å². The van der Waals surface area contributed by atoms with Gasteiger partial charge in [-0.05, 0) is 61.6 Å². The molecule has 2 aromatic rings. The van der Waals surface area contributed by atoms with Crippen molar-refractivity contribution in [1.82, 2.24) is 5.32 Å². The van der Waals surface area contributed by atoms with Crippen molar-refractivity contribution >= 4 is 35.1 Å². The normalized spacial score (nSPS) is 19.6. The number of carboxylic acids is 1. The van der Waals surface area contributed by atoms with Crippen molar-refractivity contribution in [3.63, 3.8) is 0 Å². The average molecular weight is 533 g/mol. The van der Waals surface area contributed by atoms with E-state index in [9.17, 15) is 18.0 Å². The van der Waals surface area contributed by atoms with Crippen molar-refractivity contribution < 1.29 is 32.8 Å². The predicted molar refractivity (Wildman–Crippen MR) is 127 cm³/mol. The smallest absolute Gasteiger partial charge is 0.430 e. The van der Waals surface area contributed by atoms with Gasteiger partial charge in [0.15, 0.2) is 6.04 Å². The lowest BCUT2D eigenvalue weighted by Gasteiger charge is -2.31. The quantitative estimate of drug-likeness (QED) is 0.600. The summed E-state index contributed by atoms with van der Waals surface area (Å²) >= 11 is 12.1. The summed E-state index contributed by atoms with van der Waals surface area (Å²) in [6.45, 7) is 3.17. The molecule has 0 spiro atoms. The van der Waals surface area contributed by atoms with Crippen LogP contribution in [-0.2, 0) is 16.0 Å². The van der Waals surface area contributed by atoms with Crippen LogP contribution in [0.3, 0.4) is 0 Å². The van der Waals surface area contributed by atoms with E-state index in [4.69, 9.17) is 33.1 Å². The Balaban J connectivity index is 0.000000540. The highest BCUT2D eigenvalue weighted by molar-refractivity contribution is 6.30. The van der Waals surface area contributed by atoms with Gasteiger partial charge in [-0.1, -0.05) is 47.5 Å². The number of hydrogen-bond donors (Lipinski definition) is 2. The lowest BCUT2D eigenvalue weighted by molar-refractivity contribution is -0.901. The van der Waals surface area contributed by atoms with E-state index in [-0.39, 0.29) is 23.9 Å². The number of amides is 1. The minimum Gasteiger partial charge on any atom is -0.542 e. The number of aliphatic carboxylic acids is 1. The first-order valence-electron chi connectivity index (χ1n) is 11.3. The Morgan fingerprint density at radius 3 is 2.06 bits per heavy atom. The number of benzene rings is 2. The fraction of sp³-hybridized carbons (Fsp3) is 0.440. The van der Waals surface area contributed by atoms with E-state index in [2.05, 4.69) is 43.6 Å².